The number of hydrogen-bond donors (Lipinski definition) is 2. The third kappa shape index (κ3) is 3.23. The van der Waals surface area contributed by atoms with Crippen LogP contribution in [0.5, 0.6) is 0 Å². The van der Waals surface area contributed by atoms with E-state index in [2.05, 4.69) is 4.90 Å². The molecule has 0 aromatic rings. The summed E-state index contributed by atoms with van der Waals surface area (Å²) in [7, 11) is 0. The van der Waals surface area contributed by atoms with Gasteiger partial charge >= 0.3 is 0 Å². The van der Waals surface area contributed by atoms with Crippen molar-refractivity contribution >= 4 is 0 Å². The summed E-state index contributed by atoms with van der Waals surface area (Å²) in [6.07, 6.45) is 0. The van der Waals surface area contributed by atoms with Crippen LogP contribution in [-0.2, 0) is 4.74 Å². The van der Waals surface area contributed by atoms with Gasteiger partial charge in [-0.05, 0) is 5.92 Å². The van der Waals surface area contributed by atoms with Crippen LogP contribution in [0.2, 0.25) is 0 Å². The van der Waals surface area contributed by atoms with E-state index < -0.39 is 0 Å². The molecule has 1 heterocycles. The first kappa shape index (κ1) is 10.9. The van der Waals surface area contributed by atoms with Crippen LogP contribution in [0.3, 0.4) is 0 Å². The van der Waals surface area contributed by atoms with Gasteiger partial charge in [-0.15, -0.1) is 0 Å². The maximum atomic E-state index is 8.94. The molecule has 2 unspecified atom stereocenters. The van der Waals surface area contributed by atoms with Crippen LogP contribution in [0, 0.1) is 5.92 Å². The number of hydrogen-bond acceptors (Lipinski definition) is 4. The van der Waals surface area contributed by atoms with Crippen molar-refractivity contribution in [3.8, 4) is 0 Å². The van der Waals surface area contributed by atoms with Gasteiger partial charge in [0, 0.05) is 32.3 Å². The van der Waals surface area contributed by atoms with Gasteiger partial charge in [0.05, 0.1) is 13.2 Å². The smallest absolute Gasteiger partial charge is 0.0634 e. The Morgan fingerprint density at radius 2 is 2.46 bits per heavy atom. The predicted octanol–water partition coefficient (Wildman–Crippen LogP) is -0.726. The van der Waals surface area contributed by atoms with Crippen LogP contribution in [0.25, 0.3) is 0 Å². The third-order valence-electron chi connectivity index (χ3n) is 2.48. The fraction of sp³-hybridized carbons (Fsp3) is 1.00. The molecule has 0 radical (unpaired) electrons. The van der Waals surface area contributed by atoms with Crippen LogP contribution in [-0.4, -0.2) is 55.5 Å². The maximum Gasteiger partial charge on any atom is 0.0634 e. The molecule has 0 aromatic heterocycles. The highest BCUT2D eigenvalue weighted by atomic mass is 16.5. The van der Waals surface area contributed by atoms with E-state index in [4.69, 9.17) is 15.6 Å². The Bertz CT molecular complexity index is 144. The molecular formula is C9H20N2O2. The molecule has 1 fully saturated rings. The van der Waals surface area contributed by atoms with E-state index in [0.29, 0.717) is 18.5 Å². The second-order valence-corrected chi connectivity index (χ2v) is 3.75. The minimum Gasteiger partial charge on any atom is -0.396 e. The summed E-state index contributed by atoms with van der Waals surface area (Å²) in [4.78, 5) is 2.31. The number of aliphatic hydroxyl groups excluding tert-OH is 1. The summed E-state index contributed by atoms with van der Waals surface area (Å²) in [5.74, 6) is 0.326. The summed E-state index contributed by atoms with van der Waals surface area (Å²) in [6, 6.07) is 0.336. The fourth-order valence-electron chi connectivity index (χ4n) is 1.60. The van der Waals surface area contributed by atoms with E-state index in [1.807, 2.05) is 6.92 Å². The first-order chi connectivity index (χ1) is 6.27. The van der Waals surface area contributed by atoms with Crippen molar-refractivity contribution in [1.82, 2.24) is 4.90 Å². The van der Waals surface area contributed by atoms with Crippen molar-refractivity contribution in [3.05, 3.63) is 0 Å². The molecule has 1 aliphatic heterocycles. The van der Waals surface area contributed by atoms with Gasteiger partial charge in [-0.3, -0.25) is 4.90 Å². The fourth-order valence-corrected chi connectivity index (χ4v) is 1.60. The second-order valence-electron chi connectivity index (χ2n) is 3.75. The van der Waals surface area contributed by atoms with Gasteiger partial charge in [-0.2, -0.15) is 0 Å². The summed E-state index contributed by atoms with van der Waals surface area (Å²) < 4.78 is 5.33. The SMILES string of the molecule is CC(CO)CN1CCOCC1CN. The maximum absolute atomic E-state index is 8.94. The highest BCUT2D eigenvalue weighted by Gasteiger charge is 2.22. The number of rotatable bonds is 4. The number of morpholine rings is 1. The molecule has 78 valence electrons. The minimum absolute atomic E-state index is 0.245. The second kappa shape index (κ2) is 5.54. The molecule has 1 saturated heterocycles. The van der Waals surface area contributed by atoms with E-state index >= 15 is 0 Å². The molecule has 3 N–H and O–H groups in total. The van der Waals surface area contributed by atoms with E-state index in [-0.39, 0.29) is 6.61 Å². The van der Waals surface area contributed by atoms with Crippen molar-refractivity contribution in [2.45, 2.75) is 13.0 Å². The quantitative estimate of drug-likeness (QED) is 0.611. The van der Waals surface area contributed by atoms with E-state index in [0.717, 1.165) is 26.3 Å². The van der Waals surface area contributed by atoms with Crippen LogP contribution >= 0.6 is 0 Å². The normalized spacial score (nSPS) is 27.5. The highest BCUT2D eigenvalue weighted by Crippen LogP contribution is 2.08. The third-order valence-corrected chi connectivity index (χ3v) is 2.48. The minimum atomic E-state index is 0.245. The number of nitrogens with two attached hydrogens (primary N) is 1. The zero-order valence-electron chi connectivity index (χ0n) is 8.28. The predicted molar refractivity (Wildman–Crippen MR) is 51.5 cm³/mol. The van der Waals surface area contributed by atoms with Crippen LogP contribution in [0.15, 0.2) is 0 Å². The first-order valence-electron chi connectivity index (χ1n) is 4.90. The largest absolute Gasteiger partial charge is 0.396 e. The average molecular weight is 188 g/mol. The van der Waals surface area contributed by atoms with Crippen molar-refractivity contribution in [2.75, 3.05) is 39.5 Å². The van der Waals surface area contributed by atoms with Gasteiger partial charge in [-0.1, -0.05) is 6.92 Å². The Hall–Kier alpha value is -0.160. The lowest BCUT2D eigenvalue weighted by atomic mass is 10.1. The molecular weight excluding hydrogens is 168 g/mol. The Kier molecular flexibility index (Phi) is 4.66. The molecule has 1 rings (SSSR count). The average Bonchev–Trinajstić information content (AvgIpc) is 2.18. The summed E-state index contributed by atoms with van der Waals surface area (Å²) in [5, 5.41) is 8.94. The summed E-state index contributed by atoms with van der Waals surface area (Å²) in [6.45, 7) is 6.30. The standard InChI is InChI=1S/C9H20N2O2/c1-8(6-12)5-11-2-3-13-7-9(11)4-10/h8-9,12H,2-7,10H2,1H3. The van der Waals surface area contributed by atoms with Crippen LogP contribution in [0.4, 0.5) is 0 Å². The highest BCUT2D eigenvalue weighted by molar-refractivity contribution is 4.77. The monoisotopic (exact) mass is 188 g/mol. The Morgan fingerprint density at radius 3 is 3.08 bits per heavy atom. The summed E-state index contributed by atoms with van der Waals surface area (Å²) >= 11 is 0. The summed E-state index contributed by atoms with van der Waals surface area (Å²) in [5.41, 5.74) is 5.63. The molecule has 0 spiro atoms. The van der Waals surface area contributed by atoms with Gasteiger partial charge < -0.3 is 15.6 Å². The van der Waals surface area contributed by atoms with Gasteiger partial charge in [0.2, 0.25) is 0 Å². The lowest BCUT2D eigenvalue weighted by Gasteiger charge is -2.36. The van der Waals surface area contributed by atoms with Crippen LogP contribution in [0.1, 0.15) is 6.92 Å². The first-order valence-corrected chi connectivity index (χ1v) is 4.90. The molecule has 4 nitrogen and oxygen atoms in total. The number of nitrogens with zero attached hydrogens (tertiary/aromatic N) is 1. The van der Waals surface area contributed by atoms with Crippen molar-refractivity contribution in [2.24, 2.45) is 11.7 Å². The molecule has 1 aliphatic rings. The Balaban J connectivity index is 2.35. The van der Waals surface area contributed by atoms with Gasteiger partial charge in [0.1, 0.15) is 0 Å². The molecule has 0 aliphatic carbocycles. The molecule has 0 amide bonds. The lowest BCUT2D eigenvalue weighted by Crippen LogP contribution is -2.50. The molecule has 0 saturated carbocycles. The molecule has 4 heteroatoms. The Labute approximate surface area is 79.7 Å². The van der Waals surface area contributed by atoms with Gasteiger partial charge in [0.25, 0.3) is 0 Å². The molecule has 0 bridgehead atoms. The van der Waals surface area contributed by atoms with Crippen molar-refractivity contribution in [3.63, 3.8) is 0 Å². The molecule has 2 atom stereocenters. The number of ether oxygens (including phenoxy) is 1. The van der Waals surface area contributed by atoms with E-state index in [1.54, 1.807) is 0 Å². The molecule has 13 heavy (non-hydrogen) atoms. The van der Waals surface area contributed by atoms with E-state index in [9.17, 15) is 0 Å². The van der Waals surface area contributed by atoms with Gasteiger partial charge in [-0.25, -0.2) is 0 Å². The molecule has 0 aromatic carbocycles. The Morgan fingerprint density at radius 1 is 1.69 bits per heavy atom. The van der Waals surface area contributed by atoms with Crippen LogP contribution < -0.4 is 5.73 Å². The van der Waals surface area contributed by atoms with Gasteiger partial charge in [0.15, 0.2) is 0 Å². The lowest BCUT2D eigenvalue weighted by molar-refractivity contribution is -0.0130. The zero-order chi connectivity index (χ0) is 9.68. The zero-order valence-corrected chi connectivity index (χ0v) is 8.28. The van der Waals surface area contributed by atoms with Crippen molar-refractivity contribution in [1.29, 1.82) is 0 Å². The van der Waals surface area contributed by atoms with E-state index in [1.165, 1.54) is 0 Å². The van der Waals surface area contributed by atoms with Crippen molar-refractivity contribution < 1.29 is 9.84 Å². The number of aliphatic hydroxyl groups is 1. The topological polar surface area (TPSA) is 58.7 Å².